The average Bonchev–Trinajstić information content (AvgIpc) is 2.73. The van der Waals surface area contributed by atoms with Crippen molar-refractivity contribution in [2.45, 2.75) is 26.9 Å². The van der Waals surface area contributed by atoms with Gasteiger partial charge in [0.1, 0.15) is 0 Å². The molecule has 2 aromatic heterocycles. The molecule has 0 radical (unpaired) electrons. The molecule has 0 bridgehead atoms. The standard InChI is InChI=1S/C11H14ClN3S/c1-7-11(12)6-15(14-7)5-9-3-10(4-13)16-8(9)2/h3,6H,4-5,13H2,1-2H3. The Morgan fingerprint density at radius 1 is 1.50 bits per heavy atom. The monoisotopic (exact) mass is 255 g/mol. The zero-order valence-electron chi connectivity index (χ0n) is 9.33. The van der Waals surface area contributed by atoms with E-state index in [1.165, 1.54) is 15.3 Å². The number of nitrogens with two attached hydrogens (primary N) is 1. The Balaban J connectivity index is 2.23. The zero-order chi connectivity index (χ0) is 11.7. The highest BCUT2D eigenvalue weighted by Gasteiger charge is 2.07. The molecule has 2 N–H and O–H groups in total. The lowest BCUT2D eigenvalue weighted by Gasteiger charge is -1.99. The zero-order valence-corrected chi connectivity index (χ0v) is 10.9. The number of hydrogen-bond donors (Lipinski definition) is 1. The highest BCUT2D eigenvalue weighted by molar-refractivity contribution is 7.12. The van der Waals surface area contributed by atoms with Crippen molar-refractivity contribution in [2.24, 2.45) is 5.73 Å². The molecule has 3 nitrogen and oxygen atoms in total. The molecule has 2 heterocycles. The van der Waals surface area contributed by atoms with Gasteiger partial charge in [0.15, 0.2) is 0 Å². The van der Waals surface area contributed by atoms with Gasteiger partial charge in [0.2, 0.25) is 0 Å². The third-order valence-electron chi connectivity index (χ3n) is 2.49. The normalized spacial score (nSPS) is 11.0. The van der Waals surface area contributed by atoms with Crippen molar-refractivity contribution >= 4 is 22.9 Å². The molecule has 0 aliphatic carbocycles. The SMILES string of the molecule is Cc1nn(Cc2cc(CN)sc2C)cc1Cl. The topological polar surface area (TPSA) is 43.8 Å². The van der Waals surface area contributed by atoms with Crippen LogP contribution in [0.25, 0.3) is 0 Å². The number of nitrogens with zero attached hydrogens (tertiary/aromatic N) is 2. The summed E-state index contributed by atoms with van der Waals surface area (Å²) in [6.07, 6.45) is 1.86. The molecular formula is C11H14ClN3S. The summed E-state index contributed by atoms with van der Waals surface area (Å²) in [5.41, 5.74) is 7.76. The van der Waals surface area contributed by atoms with Crippen LogP contribution in [0.2, 0.25) is 5.02 Å². The second kappa shape index (κ2) is 4.57. The fourth-order valence-corrected chi connectivity index (χ4v) is 2.68. The third kappa shape index (κ3) is 2.29. The fraction of sp³-hybridized carbons (Fsp3) is 0.364. The maximum Gasteiger partial charge on any atom is 0.0815 e. The molecular weight excluding hydrogens is 242 g/mol. The number of aryl methyl sites for hydroxylation is 2. The van der Waals surface area contributed by atoms with E-state index < -0.39 is 0 Å². The van der Waals surface area contributed by atoms with Crippen LogP contribution in [0.5, 0.6) is 0 Å². The smallest absolute Gasteiger partial charge is 0.0815 e. The van der Waals surface area contributed by atoms with Crippen LogP contribution in [0.1, 0.15) is 21.0 Å². The summed E-state index contributed by atoms with van der Waals surface area (Å²) in [6, 6.07) is 2.14. The van der Waals surface area contributed by atoms with Gasteiger partial charge in [-0.2, -0.15) is 5.10 Å². The van der Waals surface area contributed by atoms with Crippen LogP contribution in [0, 0.1) is 13.8 Å². The lowest BCUT2D eigenvalue weighted by atomic mass is 10.2. The molecule has 0 unspecified atom stereocenters. The molecule has 0 saturated heterocycles. The largest absolute Gasteiger partial charge is 0.326 e. The second-order valence-corrected chi connectivity index (χ2v) is 5.51. The number of thiophene rings is 1. The van der Waals surface area contributed by atoms with Gasteiger partial charge in [-0.1, -0.05) is 11.6 Å². The van der Waals surface area contributed by atoms with Gasteiger partial charge in [-0.05, 0) is 25.5 Å². The summed E-state index contributed by atoms with van der Waals surface area (Å²) in [6.45, 7) is 5.38. The Morgan fingerprint density at radius 2 is 2.25 bits per heavy atom. The maximum atomic E-state index is 5.97. The molecule has 0 fully saturated rings. The predicted octanol–water partition coefficient (Wildman–Crippen LogP) is 2.72. The Morgan fingerprint density at radius 3 is 2.75 bits per heavy atom. The van der Waals surface area contributed by atoms with E-state index in [-0.39, 0.29) is 0 Å². The summed E-state index contributed by atoms with van der Waals surface area (Å²) in [4.78, 5) is 2.51. The van der Waals surface area contributed by atoms with Crippen LogP contribution in [0.15, 0.2) is 12.3 Å². The molecule has 0 aliphatic heterocycles. The molecule has 16 heavy (non-hydrogen) atoms. The first kappa shape index (κ1) is 11.6. The van der Waals surface area contributed by atoms with Crippen molar-refractivity contribution in [1.29, 1.82) is 0 Å². The van der Waals surface area contributed by atoms with E-state index in [1.54, 1.807) is 11.3 Å². The van der Waals surface area contributed by atoms with Gasteiger partial charge in [0, 0.05) is 22.5 Å². The first-order valence-corrected chi connectivity index (χ1v) is 6.27. The Labute approximate surface area is 104 Å². The first-order valence-electron chi connectivity index (χ1n) is 5.08. The van der Waals surface area contributed by atoms with E-state index in [0.29, 0.717) is 11.6 Å². The van der Waals surface area contributed by atoms with E-state index >= 15 is 0 Å². The van der Waals surface area contributed by atoms with E-state index in [0.717, 1.165) is 12.2 Å². The van der Waals surface area contributed by atoms with Gasteiger partial charge in [-0.25, -0.2) is 0 Å². The van der Waals surface area contributed by atoms with E-state index in [4.69, 9.17) is 17.3 Å². The Hall–Kier alpha value is -0.840. The second-order valence-electron chi connectivity index (χ2n) is 3.76. The molecule has 0 saturated carbocycles. The quantitative estimate of drug-likeness (QED) is 0.917. The summed E-state index contributed by atoms with van der Waals surface area (Å²) >= 11 is 7.71. The predicted molar refractivity (Wildman–Crippen MR) is 68.0 cm³/mol. The van der Waals surface area contributed by atoms with E-state index in [1.807, 2.05) is 17.8 Å². The lowest BCUT2D eigenvalue weighted by Crippen LogP contribution is -2.00. The summed E-state index contributed by atoms with van der Waals surface area (Å²) < 4.78 is 1.87. The summed E-state index contributed by atoms with van der Waals surface area (Å²) in [7, 11) is 0. The van der Waals surface area contributed by atoms with Crippen molar-refractivity contribution in [1.82, 2.24) is 9.78 Å². The van der Waals surface area contributed by atoms with Gasteiger partial charge < -0.3 is 5.73 Å². The van der Waals surface area contributed by atoms with Crippen LogP contribution in [-0.4, -0.2) is 9.78 Å². The van der Waals surface area contributed by atoms with Crippen molar-refractivity contribution in [2.75, 3.05) is 0 Å². The number of hydrogen-bond acceptors (Lipinski definition) is 3. The van der Waals surface area contributed by atoms with E-state index in [2.05, 4.69) is 18.1 Å². The van der Waals surface area contributed by atoms with Gasteiger partial charge in [0.05, 0.1) is 17.3 Å². The van der Waals surface area contributed by atoms with E-state index in [9.17, 15) is 0 Å². The minimum absolute atomic E-state index is 0.602. The van der Waals surface area contributed by atoms with Gasteiger partial charge in [0.25, 0.3) is 0 Å². The van der Waals surface area contributed by atoms with Gasteiger partial charge in [-0.3, -0.25) is 4.68 Å². The van der Waals surface area contributed by atoms with Crippen LogP contribution < -0.4 is 5.73 Å². The van der Waals surface area contributed by atoms with Crippen LogP contribution in [0.4, 0.5) is 0 Å². The van der Waals surface area contributed by atoms with Gasteiger partial charge in [-0.15, -0.1) is 11.3 Å². The molecule has 2 rings (SSSR count). The first-order chi connectivity index (χ1) is 7.60. The molecule has 0 amide bonds. The maximum absolute atomic E-state index is 5.97. The van der Waals surface area contributed by atoms with Crippen LogP contribution in [-0.2, 0) is 13.1 Å². The highest BCUT2D eigenvalue weighted by Crippen LogP contribution is 2.22. The fourth-order valence-electron chi connectivity index (χ4n) is 1.59. The average molecular weight is 256 g/mol. The lowest BCUT2D eigenvalue weighted by molar-refractivity contribution is 0.678. The molecule has 86 valence electrons. The molecule has 5 heteroatoms. The van der Waals surface area contributed by atoms with Crippen LogP contribution in [0.3, 0.4) is 0 Å². The number of rotatable bonds is 3. The molecule has 0 spiro atoms. The third-order valence-corrected chi connectivity index (χ3v) is 3.98. The molecule has 0 aromatic carbocycles. The van der Waals surface area contributed by atoms with Crippen molar-refractivity contribution in [3.63, 3.8) is 0 Å². The minimum atomic E-state index is 0.602. The minimum Gasteiger partial charge on any atom is -0.326 e. The van der Waals surface area contributed by atoms with Crippen molar-refractivity contribution < 1.29 is 0 Å². The molecule has 0 atom stereocenters. The van der Waals surface area contributed by atoms with Crippen molar-refractivity contribution in [3.8, 4) is 0 Å². The van der Waals surface area contributed by atoms with Crippen LogP contribution >= 0.6 is 22.9 Å². The number of aromatic nitrogens is 2. The molecule has 2 aromatic rings. The summed E-state index contributed by atoms with van der Waals surface area (Å²) in [5.74, 6) is 0. The Bertz CT molecular complexity index is 482. The van der Waals surface area contributed by atoms with Gasteiger partial charge >= 0.3 is 0 Å². The highest BCUT2D eigenvalue weighted by atomic mass is 35.5. The number of halogens is 1. The summed E-state index contributed by atoms with van der Waals surface area (Å²) in [5, 5.41) is 5.05. The Kier molecular flexibility index (Phi) is 3.33. The van der Waals surface area contributed by atoms with Crippen molar-refractivity contribution in [3.05, 3.63) is 38.3 Å². The molecule has 0 aliphatic rings.